The highest BCUT2D eigenvalue weighted by molar-refractivity contribution is 9.10. The van der Waals surface area contributed by atoms with Gasteiger partial charge in [-0.05, 0) is 30.4 Å². The van der Waals surface area contributed by atoms with Gasteiger partial charge in [0.15, 0.2) is 10.2 Å². The molecule has 0 saturated heterocycles. The topological polar surface area (TPSA) is 54.0 Å². The number of aromatic nitrogens is 1. The van der Waals surface area contributed by atoms with Gasteiger partial charge in [-0.15, -0.1) is 11.3 Å². The van der Waals surface area contributed by atoms with Crippen molar-refractivity contribution in [1.82, 2.24) is 10.3 Å². The van der Waals surface area contributed by atoms with Gasteiger partial charge in [0.25, 0.3) is 5.91 Å². The molecule has 0 fully saturated rings. The number of nitrogens with zero attached hydrogens (tertiary/aromatic N) is 1. The standard InChI is InChI=1S/C17H11BrClN3OS2/c18-11-6-7-13(19)12(8-11)15(23)21-16(24)22-17-20-14(9-25-17)10-4-2-1-3-5-10/h1-9H,(H2,20,21,22,23,24). The van der Waals surface area contributed by atoms with Crippen LogP contribution in [0.1, 0.15) is 10.4 Å². The molecule has 126 valence electrons. The minimum absolute atomic E-state index is 0.162. The molecule has 0 spiro atoms. The van der Waals surface area contributed by atoms with Crippen LogP contribution in [0.5, 0.6) is 0 Å². The van der Waals surface area contributed by atoms with Gasteiger partial charge in [-0.3, -0.25) is 10.1 Å². The summed E-state index contributed by atoms with van der Waals surface area (Å²) in [5, 5.41) is 8.56. The third-order valence-electron chi connectivity index (χ3n) is 3.19. The molecule has 0 radical (unpaired) electrons. The maximum Gasteiger partial charge on any atom is 0.258 e. The number of thiocarbonyl (C=S) groups is 1. The number of carbonyl (C=O) groups is 1. The summed E-state index contributed by atoms with van der Waals surface area (Å²) in [5.41, 5.74) is 2.20. The van der Waals surface area contributed by atoms with E-state index in [0.717, 1.165) is 15.7 Å². The number of thiazole rings is 1. The van der Waals surface area contributed by atoms with Crippen molar-refractivity contribution in [1.29, 1.82) is 0 Å². The van der Waals surface area contributed by atoms with Gasteiger partial charge < -0.3 is 5.32 Å². The molecule has 0 aliphatic rings. The molecule has 1 aromatic heterocycles. The highest BCUT2D eigenvalue weighted by Crippen LogP contribution is 2.24. The quantitative estimate of drug-likeness (QED) is 0.526. The lowest BCUT2D eigenvalue weighted by molar-refractivity contribution is 0.0978. The Bertz CT molecular complexity index is 931. The SMILES string of the molecule is O=C(NC(=S)Nc1nc(-c2ccccc2)cs1)c1cc(Br)ccc1Cl. The fourth-order valence-corrected chi connectivity index (χ4v) is 3.59. The summed E-state index contributed by atoms with van der Waals surface area (Å²) in [7, 11) is 0. The molecule has 0 aliphatic carbocycles. The Morgan fingerprint density at radius 2 is 1.96 bits per heavy atom. The van der Waals surface area contributed by atoms with Gasteiger partial charge in [-0.25, -0.2) is 4.98 Å². The van der Waals surface area contributed by atoms with E-state index in [1.165, 1.54) is 11.3 Å². The van der Waals surface area contributed by atoms with Gasteiger partial charge in [0.05, 0.1) is 16.3 Å². The van der Waals surface area contributed by atoms with Crippen molar-refractivity contribution in [3.05, 3.63) is 69.0 Å². The fraction of sp³-hybridized carbons (Fsp3) is 0. The van der Waals surface area contributed by atoms with E-state index in [2.05, 4.69) is 31.5 Å². The average molecular weight is 453 g/mol. The van der Waals surface area contributed by atoms with Crippen LogP contribution in [-0.2, 0) is 0 Å². The predicted molar refractivity (Wildman–Crippen MR) is 110 cm³/mol. The third kappa shape index (κ3) is 4.64. The maximum absolute atomic E-state index is 12.3. The molecule has 3 rings (SSSR count). The molecule has 0 unspecified atom stereocenters. The van der Waals surface area contributed by atoms with Crippen molar-refractivity contribution in [2.45, 2.75) is 0 Å². The highest BCUT2D eigenvalue weighted by Gasteiger charge is 2.13. The van der Waals surface area contributed by atoms with Crippen molar-refractivity contribution in [3.8, 4) is 11.3 Å². The van der Waals surface area contributed by atoms with E-state index in [9.17, 15) is 4.79 Å². The number of rotatable bonds is 3. The number of halogens is 2. The molecule has 1 amide bonds. The van der Waals surface area contributed by atoms with Gasteiger partial charge in [0.2, 0.25) is 0 Å². The smallest absolute Gasteiger partial charge is 0.258 e. The van der Waals surface area contributed by atoms with E-state index < -0.39 is 0 Å². The van der Waals surface area contributed by atoms with Gasteiger partial charge >= 0.3 is 0 Å². The van der Waals surface area contributed by atoms with E-state index in [4.69, 9.17) is 23.8 Å². The van der Waals surface area contributed by atoms with E-state index in [1.807, 2.05) is 35.7 Å². The zero-order chi connectivity index (χ0) is 17.8. The third-order valence-corrected chi connectivity index (χ3v) is 4.98. The zero-order valence-electron chi connectivity index (χ0n) is 12.6. The molecule has 0 aliphatic heterocycles. The Morgan fingerprint density at radius 1 is 1.20 bits per heavy atom. The van der Waals surface area contributed by atoms with Crippen molar-refractivity contribution >= 4 is 67.2 Å². The lowest BCUT2D eigenvalue weighted by Crippen LogP contribution is -2.34. The number of carbonyl (C=O) groups excluding carboxylic acids is 1. The number of anilines is 1. The Morgan fingerprint density at radius 3 is 2.72 bits per heavy atom. The fourth-order valence-electron chi connectivity index (χ4n) is 2.04. The molecule has 2 aromatic carbocycles. The Hall–Kier alpha value is -1.80. The summed E-state index contributed by atoms with van der Waals surface area (Å²) < 4.78 is 0.758. The number of benzene rings is 2. The predicted octanol–water partition coefficient (Wildman–Crippen LogP) is 5.35. The molecule has 0 bridgehead atoms. The van der Waals surface area contributed by atoms with Gasteiger partial charge in [0.1, 0.15) is 0 Å². The van der Waals surface area contributed by atoms with E-state index in [0.29, 0.717) is 15.7 Å². The first-order valence-corrected chi connectivity index (χ1v) is 9.57. The highest BCUT2D eigenvalue weighted by atomic mass is 79.9. The average Bonchev–Trinajstić information content (AvgIpc) is 3.06. The first-order chi connectivity index (χ1) is 12.0. The summed E-state index contributed by atoms with van der Waals surface area (Å²) in [6.45, 7) is 0. The molecule has 0 atom stereocenters. The summed E-state index contributed by atoms with van der Waals surface area (Å²) in [5.74, 6) is -0.386. The second-order valence-electron chi connectivity index (χ2n) is 4.94. The first-order valence-electron chi connectivity index (χ1n) is 7.11. The summed E-state index contributed by atoms with van der Waals surface area (Å²) in [6, 6.07) is 14.9. The number of hydrogen-bond donors (Lipinski definition) is 2. The van der Waals surface area contributed by atoms with E-state index in [-0.39, 0.29) is 11.0 Å². The molecule has 2 N–H and O–H groups in total. The molecular weight excluding hydrogens is 442 g/mol. The second-order valence-corrected chi connectivity index (χ2v) is 7.53. The number of hydrogen-bond acceptors (Lipinski definition) is 4. The van der Waals surface area contributed by atoms with Crippen LogP contribution in [0.3, 0.4) is 0 Å². The summed E-state index contributed by atoms with van der Waals surface area (Å²) in [4.78, 5) is 16.8. The van der Waals surface area contributed by atoms with Crippen LogP contribution in [0.4, 0.5) is 5.13 Å². The van der Waals surface area contributed by atoms with Gasteiger partial charge in [0, 0.05) is 15.4 Å². The monoisotopic (exact) mass is 451 g/mol. The summed E-state index contributed by atoms with van der Waals surface area (Å²) in [6.07, 6.45) is 0. The number of nitrogens with one attached hydrogen (secondary N) is 2. The van der Waals surface area contributed by atoms with E-state index >= 15 is 0 Å². The number of amides is 1. The minimum atomic E-state index is -0.386. The van der Waals surface area contributed by atoms with Crippen molar-refractivity contribution in [2.75, 3.05) is 5.32 Å². The van der Waals surface area contributed by atoms with Crippen LogP contribution in [0.15, 0.2) is 58.4 Å². The van der Waals surface area contributed by atoms with Gasteiger partial charge in [-0.2, -0.15) is 0 Å². The van der Waals surface area contributed by atoms with Crippen molar-refractivity contribution in [2.24, 2.45) is 0 Å². The molecule has 4 nitrogen and oxygen atoms in total. The van der Waals surface area contributed by atoms with Crippen LogP contribution in [0.2, 0.25) is 5.02 Å². The van der Waals surface area contributed by atoms with Crippen molar-refractivity contribution < 1.29 is 4.79 Å². The first kappa shape index (κ1) is 18.0. The van der Waals surface area contributed by atoms with Crippen LogP contribution in [-0.4, -0.2) is 16.0 Å². The molecular formula is C17H11BrClN3OS2. The lowest BCUT2D eigenvalue weighted by atomic mass is 10.2. The largest absolute Gasteiger partial charge is 0.308 e. The lowest BCUT2D eigenvalue weighted by Gasteiger charge is -2.08. The zero-order valence-corrected chi connectivity index (χ0v) is 16.6. The maximum atomic E-state index is 12.3. The molecule has 3 aromatic rings. The normalized spacial score (nSPS) is 10.3. The minimum Gasteiger partial charge on any atom is -0.308 e. The van der Waals surface area contributed by atoms with Crippen LogP contribution in [0, 0.1) is 0 Å². The molecule has 8 heteroatoms. The molecule has 1 heterocycles. The Balaban J connectivity index is 1.66. The van der Waals surface area contributed by atoms with Crippen LogP contribution in [0.25, 0.3) is 11.3 Å². The second kappa shape index (κ2) is 8.05. The summed E-state index contributed by atoms with van der Waals surface area (Å²) >= 11 is 16.0. The Labute approximate surface area is 167 Å². The Kier molecular flexibility index (Phi) is 5.80. The van der Waals surface area contributed by atoms with E-state index in [1.54, 1.807) is 18.2 Å². The molecule has 0 saturated carbocycles. The van der Waals surface area contributed by atoms with Crippen LogP contribution < -0.4 is 10.6 Å². The van der Waals surface area contributed by atoms with Crippen molar-refractivity contribution in [3.63, 3.8) is 0 Å². The van der Waals surface area contributed by atoms with Crippen LogP contribution >= 0.6 is 51.1 Å². The molecule has 25 heavy (non-hydrogen) atoms. The van der Waals surface area contributed by atoms with Gasteiger partial charge in [-0.1, -0.05) is 57.9 Å².